The first-order valence-corrected chi connectivity index (χ1v) is 4.37. The van der Waals surface area contributed by atoms with E-state index in [-0.39, 0.29) is 11.9 Å². The van der Waals surface area contributed by atoms with Gasteiger partial charge >= 0.3 is 0 Å². The molecular formula is C11H14FO. The second kappa shape index (κ2) is 4.38. The van der Waals surface area contributed by atoms with Crippen LogP contribution in [-0.2, 0) is 0 Å². The first-order valence-electron chi connectivity index (χ1n) is 4.37. The molecule has 0 aliphatic carbocycles. The first-order chi connectivity index (χ1) is 6.09. The third-order valence-electron chi connectivity index (χ3n) is 1.88. The Bertz CT molecular complexity index is 281. The Morgan fingerprint density at radius 3 is 2.77 bits per heavy atom. The van der Waals surface area contributed by atoms with E-state index >= 15 is 0 Å². The van der Waals surface area contributed by atoms with Crippen LogP contribution in [0.3, 0.4) is 0 Å². The number of hydrogen-bond donors (Lipinski definition) is 1. The Kier molecular flexibility index (Phi) is 3.43. The third kappa shape index (κ3) is 3.15. The van der Waals surface area contributed by atoms with Crippen LogP contribution in [0.25, 0.3) is 0 Å². The van der Waals surface area contributed by atoms with Crippen LogP contribution < -0.4 is 0 Å². The van der Waals surface area contributed by atoms with Crippen molar-refractivity contribution < 1.29 is 9.50 Å². The zero-order chi connectivity index (χ0) is 9.84. The number of rotatable bonds is 3. The minimum Gasteiger partial charge on any atom is -0.393 e. The maximum atomic E-state index is 12.8. The van der Waals surface area contributed by atoms with Gasteiger partial charge in [0.25, 0.3) is 0 Å². The minimum atomic E-state index is -0.342. The highest BCUT2D eigenvalue weighted by Gasteiger charge is 2.01. The molecule has 0 spiro atoms. The fraction of sp³-hybridized carbons (Fsp3) is 0.364. The average Bonchev–Trinajstić information content (AvgIpc) is 2.07. The fourth-order valence-corrected chi connectivity index (χ4v) is 1.10. The third-order valence-corrected chi connectivity index (χ3v) is 1.88. The number of aliphatic hydroxyl groups is 1. The molecule has 1 N–H and O–H groups in total. The highest BCUT2D eigenvalue weighted by atomic mass is 19.1. The normalized spacial score (nSPS) is 12.9. The van der Waals surface area contributed by atoms with Crippen LogP contribution in [0.1, 0.15) is 24.5 Å². The smallest absolute Gasteiger partial charge is 0.126 e. The summed E-state index contributed by atoms with van der Waals surface area (Å²) in [5.41, 5.74) is 1.60. The molecule has 13 heavy (non-hydrogen) atoms. The van der Waals surface area contributed by atoms with Crippen molar-refractivity contribution in [3.8, 4) is 0 Å². The molecule has 0 bridgehead atoms. The first kappa shape index (κ1) is 10.2. The maximum Gasteiger partial charge on any atom is 0.126 e. The number of halogens is 1. The highest BCUT2D eigenvalue weighted by molar-refractivity contribution is 5.28. The Labute approximate surface area is 78.2 Å². The predicted octanol–water partition coefficient (Wildman–Crippen LogP) is 2.46. The largest absolute Gasteiger partial charge is 0.393 e. The molecule has 1 nitrogen and oxygen atoms in total. The SMILES string of the molecule is Cc1cc([CH]CC(C)O)ccc1F. The van der Waals surface area contributed by atoms with Gasteiger partial charge in [0, 0.05) is 0 Å². The van der Waals surface area contributed by atoms with Gasteiger partial charge in [-0.3, -0.25) is 0 Å². The molecule has 0 aliphatic rings. The van der Waals surface area contributed by atoms with E-state index in [1.807, 2.05) is 6.42 Å². The van der Waals surface area contributed by atoms with Crippen LogP contribution in [0, 0.1) is 19.2 Å². The lowest BCUT2D eigenvalue weighted by atomic mass is 10.1. The lowest BCUT2D eigenvalue weighted by Gasteiger charge is -2.04. The highest BCUT2D eigenvalue weighted by Crippen LogP contribution is 2.12. The number of hydrogen-bond acceptors (Lipinski definition) is 1. The van der Waals surface area contributed by atoms with Gasteiger partial charge in [0.1, 0.15) is 5.82 Å². The van der Waals surface area contributed by atoms with Gasteiger partial charge in [0.05, 0.1) is 6.10 Å². The van der Waals surface area contributed by atoms with Crippen molar-refractivity contribution in [2.45, 2.75) is 26.4 Å². The van der Waals surface area contributed by atoms with Crippen molar-refractivity contribution in [1.29, 1.82) is 0 Å². The Morgan fingerprint density at radius 2 is 2.23 bits per heavy atom. The lowest BCUT2D eigenvalue weighted by molar-refractivity contribution is 0.195. The Hall–Kier alpha value is -0.890. The zero-order valence-electron chi connectivity index (χ0n) is 7.92. The predicted molar refractivity (Wildman–Crippen MR) is 50.8 cm³/mol. The quantitative estimate of drug-likeness (QED) is 0.759. The molecule has 1 radical (unpaired) electrons. The lowest BCUT2D eigenvalue weighted by Crippen LogP contribution is -2.00. The number of aliphatic hydroxyl groups excluding tert-OH is 1. The molecular weight excluding hydrogens is 167 g/mol. The molecule has 0 aliphatic heterocycles. The molecule has 1 rings (SSSR count). The Balaban J connectivity index is 2.63. The van der Waals surface area contributed by atoms with Crippen molar-refractivity contribution in [3.05, 3.63) is 41.6 Å². The summed E-state index contributed by atoms with van der Waals surface area (Å²) >= 11 is 0. The second-order valence-corrected chi connectivity index (χ2v) is 3.30. The molecule has 0 fully saturated rings. The van der Waals surface area contributed by atoms with Gasteiger partial charge in [-0.1, -0.05) is 12.1 Å². The molecule has 71 valence electrons. The van der Waals surface area contributed by atoms with E-state index in [4.69, 9.17) is 5.11 Å². The van der Waals surface area contributed by atoms with E-state index in [0.717, 1.165) is 5.56 Å². The molecule has 2 heteroatoms. The Morgan fingerprint density at radius 1 is 1.54 bits per heavy atom. The van der Waals surface area contributed by atoms with Crippen LogP contribution >= 0.6 is 0 Å². The van der Waals surface area contributed by atoms with Gasteiger partial charge in [-0.25, -0.2) is 4.39 Å². The maximum absolute atomic E-state index is 12.8. The molecule has 0 saturated carbocycles. The summed E-state index contributed by atoms with van der Waals surface area (Å²) < 4.78 is 12.8. The summed E-state index contributed by atoms with van der Waals surface area (Å²) in [6.07, 6.45) is 2.16. The summed E-state index contributed by atoms with van der Waals surface area (Å²) in [5.74, 6) is -0.186. The summed E-state index contributed by atoms with van der Waals surface area (Å²) in [6, 6.07) is 4.94. The van der Waals surface area contributed by atoms with Crippen LogP contribution in [0.5, 0.6) is 0 Å². The molecule has 1 aromatic rings. The average molecular weight is 181 g/mol. The van der Waals surface area contributed by atoms with Crippen molar-refractivity contribution in [2.75, 3.05) is 0 Å². The second-order valence-electron chi connectivity index (χ2n) is 3.30. The van der Waals surface area contributed by atoms with Crippen molar-refractivity contribution in [3.63, 3.8) is 0 Å². The molecule has 0 saturated heterocycles. The van der Waals surface area contributed by atoms with Gasteiger partial charge in [-0.15, -0.1) is 0 Å². The van der Waals surface area contributed by atoms with Crippen LogP contribution in [0.2, 0.25) is 0 Å². The fourth-order valence-electron chi connectivity index (χ4n) is 1.10. The van der Waals surface area contributed by atoms with E-state index in [1.165, 1.54) is 6.07 Å². The number of benzene rings is 1. The van der Waals surface area contributed by atoms with E-state index < -0.39 is 0 Å². The standard InChI is InChI=1S/C11H14FO/c1-8-7-10(4-3-9(2)13)5-6-11(8)12/h4-7,9,13H,3H2,1-2H3. The summed E-state index contributed by atoms with van der Waals surface area (Å²) in [4.78, 5) is 0. The van der Waals surface area contributed by atoms with Crippen LogP contribution in [-0.4, -0.2) is 11.2 Å². The minimum absolute atomic E-state index is 0.186. The van der Waals surface area contributed by atoms with E-state index in [1.54, 1.807) is 26.0 Å². The van der Waals surface area contributed by atoms with Gasteiger partial charge in [0.2, 0.25) is 0 Å². The van der Waals surface area contributed by atoms with Gasteiger partial charge in [-0.2, -0.15) is 0 Å². The van der Waals surface area contributed by atoms with E-state index in [2.05, 4.69) is 0 Å². The molecule has 0 aromatic heterocycles. The molecule has 0 heterocycles. The molecule has 0 amide bonds. The van der Waals surface area contributed by atoms with E-state index in [0.29, 0.717) is 12.0 Å². The van der Waals surface area contributed by atoms with Crippen molar-refractivity contribution in [1.82, 2.24) is 0 Å². The van der Waals surface area contributed by atoms with Crippen LogP contribution in [0.15, 0.2) is 18.2 Å². The summed E-state index contributed by atoms with van der Waals surface area (Å²) in [5, 5.41) is 9.03. The molecule has 1 atom stereocenters. The van der Waals surface area contributed by atoms with Gasteiger partial charge in [-0.05, 0) is 43.9 Å². The summed E-state index contributed by atoms with van der Waals surface area (Å²) in [6.45, 7) is 3.46. The topological polar surface area (TPSA) is 20.2 Å². The van der Waals surface area contributed by atoms with Crippen molar-refractivity contribution in [2.24, 2.45) is 0 Å². The van der Waals surface area contributed by atoms with E-state index in [9.17, 15) is 4.39 Å². The van der Waals surface area contributed by atoms with Crippen LogP contribution in [0.4, 0.5) is 4.39 Å². The van der Waals surface area contributed by atoms with Gasteiger partial charge < -0.3 is 5.11 Å². The number of aryl methyl sites for hydroxylation is 1. The molecule has 1 unspecified atom stereocenters. The van der Waals surface area contributed by atoms with Crippen molar-refractivity contribution >= 4 is 0 Å². The van der Waals surface area contributed by atoms with Gasteiger partial charge in [0.15, 0.2) is 0 Å². The summed E-state index contributed by atoms with van der Waals surface area (Å²) in [7, 11) is 0. The molecule has 1 aromatic carbocycles. The monoisotopic (exact) mass is 181 g/mol. The zero-order valence-corrected chi connectivity index (χ0v) is 7.92.